The summed E-state index contributed by atoms with van der Waals surface area (Å²) in [6.45, 7) is 1.90. The molecule has 4 rings (SSSR count). The van der Waals surface area contributed by atoms with Crippen molar-refractivity contribution in [2.45, 2.75) is 6.92 Å². The van der Waals surface area contributed by atoms with Gasteiger partial charge in [0.25, 0.3) is 11.8 Å². The van der Waals surface area contributed by atoms with Crippen molar-refractivity contribution in [3.05, 3.63) is 71.8 Å². The van der Waals surface area contributed by atoms with Crippen molar-refractivity contribution in [3.63, 3.8) is 0 Å². The first-order chi connectivity index (χ1) is 12.1. The minimum Gasteiger partial charge on any atom is -0.494 e. The first-order valence-electron chi connectivity index (χ1n) is 7.77. The number of hydrogen-bond donors (Lipinski definition) is 0. The summed E-state index contributed by atoms with van der Waals surface area (Å²) in [6.07, 6.45) is 3.56. The molecule has 0 saturated carbocycles. The molecule has 2 aromatic carbocycles. The maximum absolute atomic E-state index is 12.6. The fourth-order valence-corrected chi connectivity index (χ4v) is 3.00. The van der Waals surface area contributed by atoms with Crippen LogP contribution in [0.4, 0.5) is 5.69 Å². The molecule has 1 aromatic heterocycles. The molecule has 6 nitrogen and oxygen atoms in total. The molecule has 0 bridgehead atoms. The highest BCUT2D eigenvalue weighted by Gasteiger charge is 2.36. The van der Waals surface area contributed by atoms with Crippen molar-refractivity contribution >= 4 is 17.5 Å². The zero-order chi connectivity index (χ0) is 17.6. The molecule has 0 radical (unpaired) electrons. The van der Waals surface area contributed by atoms with Gasteiger partial charge in [-0.2, -0.15) is 0 Å². The van der Waals surface area contributed by atoms with Crippen LogP contribution < -0.4 is 9.64 Å². The lowest BCUT2D eigenvalue weighted by atomic mass is 10.1. The van der Waals surface area contributed by atoms with E-state index in [0.29, 0.717) is 22.6 Å². The smallest absolute Gasteiger partial charge is 0.266 e. The number of rotatable bonds is 3. The number of carbonyl (C=O) groups excluding carboxylic acids is 2. The number of methoxy groups -OCH3 is 1. The molecule has 25 heavy (non-hydrogen) atoms. The summed E-state index contributed by atoms with van der Waals surface area (Å²) in [5.74, 6) is -0.103. The predicted molar refractivity (Wildman–Crippen MR) is 92.4 cm³/mol. The lowest BCUT2D eigenvalue weighted by molar-refractivity contribution is 0.0926. The number of imide groups is 1. The Balaban J connectivity index is 1.78. The Morgan fingerprint density at radius 1 is 1.00 bits per heavy atom. The third kappa shape index (κ3) is 2.30. The van der Waals surface area contributed by atoms with Crippen molar-refractivity contribution < 1.29 is 14.3 Å². The fourth-order valence-electron chi connectivity index (χ4n) is 3.00. The summed E-state index contributed by atoms with van der Waals surface area (Å²) in [4.78, 5) is 30.6. The standard InChI is InChI=1S/C19H15N3O3/c1-12-10-21(11-20-12)16-8-7-13(9-17(16)25-2)22-18(23)14-5-3-4-6-15(14)19(22)24/h3-11H,1-2H3. The monoisotopic (exact) mass is 333 g/mol. The van der Waals surface area contributed by atoms with Crippen molar-refractivity contribution in [3.8, 4) is 11.4 Å². The number of hydrogen-bond acceptors (Lipinski definition) is 4. The summed E-state index contributed by atoms with van der Waals surface area (Å²) >= 11 is 0. The van der Waals surface area contributed by atoms with Crippen LogP contribution in [-0.4, -0.2) is 28.5 Å². The van der Waals surface area contributed by atoms with E-state index in [0.717, 1.165) is 11.4 Å². The van der Waals surface area contributed by atoms with E-state index in [2.05, 4.69) is 4.98 Å². The third-order valence-corrected chi connectivity index (χ3v) is 4.21. The molecule has 0 atom stereocenters. The van der Waals surface area contributed by atoms with Crippen LogP contribution in [0, 0.1) is 6.92 Å². The van der Waals surface area contributed by atoms with E-state index in [1.807, 2.05) is 17.7 Å². The van der Waals surface area contributed by atoms with E-state index in [4.69, 9.17) is 4.74 Å². The van der Waals surface area contributed by atoms with Crippen molar-refractivity contribution in [1.82, 2.24) is 9.55 Å². The highest BCUT2D eigenvalue weighted by Crippen LogP contribution is 2.33. The zero-order valence-electron chi connectivity index (χ0n) is 13.8. The molecule has 3 aromatic rings. The number of carbonyl (C=O) groups is 2. The maximum Gasteiger partial charge on any atom is 0.266 e. The van der Waals surface area contributed by atoms with Gasteiger partial charge in [-0.1, -0.05) is 12.1 Å². The number of amides is 2. The van der Waals surface area contributed by atoms with Crippen molar-refractivity contribution in [1.29, 1.82) is 0 Å². The topological polar surface area (TPSA) is 64.4 Å². The second kappa shape index (κ2) is 5.59. The van der Waals surface area contributed by atoms with Gasteiger partial charge in [0.1, 0.15) is 5.75 Å². The lowest BCUT2D eigenvalue weighted by Crippen LogP contribution is -2.29. The second-order valence-electron chi connectivity index (χ2n) is 5.77. The largest absolute Gasteiger partial charge is 0.494 e. The van der Waals surface area contributed by atoms with E-state index >= 15 is 0 Å². The van der Waals surface area contributed by atoms with Gasteiger partial charge in [0.2, 0.25) is 0 Å². The third-order valence-electron chi connectivity index (χ3n) is 4.21. The second-order valence-corrected chi connectivity index (χ2v) is 5.77. The molecule has 124 valence electrons. The Morgan fingerprint density at radius 3 is 2.24 bits per heavy atom. The zero-order valence-corrected chi connectivity index (χ0v) is 13.8. The molecule has 0 N–H and O–H groups in total. The van der Waals surface area contributed by atoms with Crippen LogP contribution in [0.1, 0.15) is 26.4 Å². The van der Waals surface area contributed by atoms with Gasteiger partial charge in [0.05, 0.1) is 41.6 Å². The fraction of sp³-hybridized carbons (Fsp3) is 0.105. The Kier molecular flexibility index (Phi) is 3.39. The quantitative estimate of drug-likeness (QED) is 0.691. The van der Waals surface area contributed by atoms with Crippen LogP contribution >= 0.6 is 0 Å². The summed E-state index contributed by atoms with van der Waals surface area (Å²) in [7, 11) is 1.55. The van der Waals surface area contributed by atoms with E-state index in [-0.39, 0.29) is 11.8 Å². The van der Waals surface area contributed by atoms with Gasteiger partial charge in [-0.25, -0.2) is 9.88 Å². The van der Waals surface area contributed by atoms with Gasteiger partial charge in [-0.05, 0) is 31.2 Å². The maximum atomic E-state index is 12.6. The molecular weight excluding hydrogens is 318 g/mol. The molecule has 1 aliphatic rings. The Bertz CT molecular complexity index is 972. The average molecular weight is 333 g/mol. The number of nitrogens with zero attached hydrogens (tertiary/aromatic N) is 3. The molecule has 0 spiro atoms. The predicted octanol–water partition coefficient (Wildman–Crippen LogP) is 2.99. The number of imidazole rings is 1. The Hall–Kier alpha value is -3.41. The highest BCUT2D eigenvalue weighted by atomic mass is 16.5. The number of anilines is 1. The first kappa shape index (κ1) is 15.1. The molecule has 0 fully saturated rings. The minimum atomic E-state index is -0.325. The molecular formula is C19H15N3O3. The summed E-state index contributed by atoms with van der Waals surface area (Å²) in [6, 6.07) is 12.0. The van der Waals surface area contributed by atoms with Crippen LogP contribution in [0.3, 0.4) is 0 Å². The number of aryl methyl sites for hydroxylation is 1. The van der Waals surface area contributed by atoms with Crippen LogP contribution in [0.5, 0.6) is 5.75 Å². The van der Waals surface area contributed by atoms with Gasteiger partial charge in [-0.15, -0.1) is 0 Å². The normalized spacial score (nSPS) is 13.3. The Labute approximate surface area is 144 Å². The van der Waals surface area contributed by atoms with Crippen molar-refractivity contribution in [2.75, 3.05) is 12.0 Å². The number of ether oxygens (including phenoxy) is 1. The lowest BCUT2D eigenvalue weighted by Gasteiger charge is -2.17. The number of fused-ring (bicyclic) bond motifs is 1. The number of aromatic nitrogens is 2. The Morgan fingerprint density at radius 2 is 1.68 bits per heavy atom. The highest BCUT2D eigenvalue weighted by molar-refractivity contribution is 6.34. The van der Waals surface area contributed by atoms with Gasteiger partial charge >= 0.3 is 0 Å². The van der Waals surface area contributed by atoms with Gasteiger partial charge in [0, 0.05) is 12.3 Å². The van der Waals surface area contributed by atoms with Gasteiger partial charge in [0.15, 0.2) is 0 Å². The molecule has 6 heteroatoms. The molecule has 2 amide bonds. The first-order valence-corrected chi connectivity index (χ1v) is 7.77. The molecule has 0 saturated heterocycles. The summed E-state index contributed by atoms with van der Waals surface area (Å²) < 4.78 is 7.29. The van der Waals surface area contributed by atoms with E-state index in [1.54, 1.807) is 55.9 Å². The molecule has 0 aliphatic carbocycles. The molecule has 2 heterocycles. The van der Waals surface area contributed by atoms with E-state index < -0.39 is 0 Å². The van der Waals surface area contributed by atoms with E-state index in [9.17, 15) is 9.59 Å². The van der Waals surface area contributed by atoms with Gasteiger partial charge < -0.3 is 9.30 Å². The minimum absolute atomic E-state index is 0.325. The van der Waals surface area contributed by atoms with E-state index in [1.165, 1.54) is 4.90 Å². The van der Waals surface area contributed by atoms with Crippen LogP contribution in [0.15, 0.2) is 55.0 Å². The summed E-state index contributed by atoms with van der Waals surface area (Å²) in [5, 5.41) is 0. The summed E-state index contributed by atoms with van der Waals surface area (Å²) in [5.41, 5.74) is 2.97. The van der Waals surface area contributed by atoms with Crippen LogP contribution in [0.25, 0.3) is 5.69 Å². The van der Waals surface area contributed by atoms with Crippen LogP contribution in [0.2, 0.25) is 0 Å². The molecule has 1 aliphatic heterocycles. The molecule has 0 unspecified atom stereocenters. The van der Waals surface area contributed by atoms with Crippen LogP contribution in [-0.2, 0) is 0 Å². The number of benzene rings is 2. The van der Waals surface area contributed by atoms with Crippen molar-refractivity contribution in [2.24, 2.45) is 0 Å². The van der Waals surface area contributed by atoms with Gasteiger partial charge in [-0.3, -0.25) is 9.59 Å². The average Bonchev–Trinajstić information content (AvgIpc) is 3.17. The SMILES string of the molecule is COc1cc(N2C(=O)c3ccccc3C2=O)ccc1-n1cnc(C)c1.